The number of hydrogen-bond donors (Lipinski definition) is 1. The Morgan fingerprint density at radius 1 is 1.10 bits per heavy atom. The molecule has 2 aromatic rings. The van der Waals surface area contributed by atoms with Gasteiger partial charge in [0.1, 0.15) is 0 Å². The molecule has 4 heteroatoms. The lowest BCUT2D eigenvalue weighted by Gasteiger charge is -2.32. The van der Waals surface area contributed by atoms with Gasteiger partial charge in [0.25, 0.3) is 0 Å². The van der Waals surface area contributed by atoms with Gasteiger partial charge in [0.2, 0.25) is 0 Å². The molecule has 1 aliphatic heterocycles. The van der Waals surface area contributed by atoms with E-state index >= 15 is 0 Å². The number of carboxylic acid groups (broad SMARTS) is 1. The zero-order valence-corrected chi connectivity index (χ0v) is 18.3. The van der Waals surface area contributed by atoms with E-state index in [0.717, 1.165) is 57.3 Å². The maximum atomic E-state index is 11.5. The van der Waals surface area contributed by atoms with Crippen molar-refractivity contribution < 1.29 is 14.6 Å². The van der Waals surface area contributed by atoms with Crippen LogP contribution in [-0.4, -0.2) is 41.7 Å². The minimum Gasteiger partial charge on any atom is -0.478 e. The lowest BCUT2D eigenvalue weighted by molar-refractivity contribution is -0.00262. The first-order valence-electron chi connectivity index (χ1n) is 11.3. The van der Waals surface area contributed by atoms with Crippen molar-refractivity contribution >= 4 is 5.97 Å². The Labute approximate surface area is 180 Å². The number of rotatable bonds is 10. The monoisotopic (exact) mass is 409 g/mol. The number of aryl methyl sites for hydroxylation is 1. The molecule has 0 bridgehead atoms. The Bertz CT molecular complexity index is 795. The first kappa shape index (κ1) is 22.5. The quantitative estimate of drug-likeness (QED) is 0.526. The van der Waals surface area contributed by atoms with Gasteiger partial charge in [-0.05, 0) is 67.3 Å². The van der Waals surface area contributed by atoms with Crippen molar-refractivity contribution in [2.24, 2.45) is 0 Å². The van der Waals surface area contributed by atoms with Crippen molar-refractivity contribution in [2.75, 3.05) is 19.6 Å². The second-order valence-electron chi connectivity index (χ2n) is 8.67. The maximum absolute atomic E-state index is 11.5. The van der Waals surface area contributed by atoms with E-state index in [-0.39, 0.29) is 0 Å². The number of hydrogen-bond acceptors (Lipinski definition) is 3. The van der Waals surface area contributed by atoms with Crippen LogP contribution < -0.4 is 0 Å². The van der Waals surface area contributed by atoms with Crippen LogP contribution in [0.4, 0.5) is 0 Å². The minimum atomic E-state index is -0.821. The number of piperidine rings is 1. The maximum Gasteiger partial charge on any atom is 0.335 e. The van der Waals surface area contributed by atoms with Crippen molar-refractivity contribution in [1.29, 1.82) is 0 Å². The van der Waals surface area contributed by atoms with Crippen LogP contribution in [0.1, 0.15) is 72.5 Å². The molecule has 30 heavy (non-hydrogen) atoms. The van der Waals surface area contributed by atoms with E-state index in [1.807, 2.05) is 12.1 Å². The Balaban J connectivity index is 1.37. The van der Waals surface area contributed by atoms with E-state index in [1.165, 1.54) is 11.1 Å². The molecule has 1 heterocycles. The van der Waals surface area contributed by atoms with Gasteiger partial charge in [-0.3, -0.25) is 0 Å². The second-order valence-corrected chi connectivity index (χ2v) is 8.67. The highest BCUT2D eigenvalue weighted by atomic mass is 16.5. The number of unbranched alkanes of at least 4 members (excludes halogenated alkanes) is 1. The predicted octanol–water partition coefficient (Wildman–Crippen LogP) is 5.51. The Morgan fingerprint density at radius 2 is 1.83 bits per heavy atom. The zero-order chi connectivity index (χ0) is 21.3. The van der Waals surface area contributed by atoms with Crippen LogP contribution in [0.2, 0.25) is 0 Å². The molecule has 0 saturated carbocycles. The average molecular weight is 410 g/mol. The Morgan fingerprint density at radius 3 is 2.50 bits per heavy atom. The summed E-state index contributed by atoms with van der Waals surface area (Å²) in [6, 6.07) is 16.2. The highest BCUT2D eigenvalue weighted by molar-refractivity contribution is 5.89. The number of carboxylic acids is 1. The lowest BCUT2D eigenvalue weighted by Crippen LogP contribution is -2.37. The van der Waals surface area contributed by atoms with Gasteiger partial charge in [-0.2, -0.15) is 0 Å². The number of ether oxygens (including phenoxy) is 1. The average Bonchev–Trinajstić information content (AvgIpc) is 2.76. The minimum absolute atomic E-state index is 0.360. The summed E-state index contributed by atoms with van der Waals surface area (Å²) in [7, 11) is 0. The fraction of sp³-hybridized carbons (Fsp3) is 0.500. The summed E-state index contributed by atoms with van der Waals surface area (Å²) in [5.41, 5.74) is 3.88. The molecule has 4 nitrogen and oxygen atoms in total. The van der Waals surface area contributed by atoms with E-state index in [1.54, 1.807) is 6.07 Å². The van der Waals surface area contributed by atoms with Gasteiger partial charge in [0, 0.05) is 13.1 Å². The van der Waals surface area contributed by atoms with Crippen LogP contribution in [0.5, 0.6) is 0 Å². The summed E-state index contributed by atoms with van der Waals surface area (Å²) in [5, 5.41) is 9.48. The normalized spacial score (nSPS) is 15.6. The molecule has 3 rings (SSSR count). The van der Waals surface area contributed by atoms with Crippen molar-refractivity contribution in [2.45, 2.75) is 64.6 Å². The molecule has 0 amide bonds. The molecule has 1 aliphatic rings. The lowest BCUT2D eigenvalue weighted by atomic mass is 9.94. The summed E-state index contributed by atoms with van der Waals surface area (Å²) >= 11 is 0. The van der Waals surface area contributed by atoms with Crippen LogP contribution in [0.25, 0.3) is 0 Å². The van der Waals surface area contributed by atoms with Crippen LogP contribution in [-0.2, 0) is 17.8 Å². The third-order valence-corrected chi connectivity index (χ3v) is 6.06. The molecule has 1 saturated heterocycles. The molecule has 162 valence electrons. The summed E-state index contributed by atoms with van der Waals surface area (Å²) in [4.78, 5) is 14.1. The molecule has 1 N–H and O–H groups in total. The molecule has 0 unspecified atom stereocenters. The molecular weight excluding hydrogens is 374 g/mol. The number of nitrogens with zero attached hydrogens (tertiary/aromatic N) is 1. The van der Waals surface area contributed by atoms with Crippen LogP contribution in [0.3, 0.4) is 0 Å². The number of carbonyl (C=O) groups is 1. The summed E-state index contributed by atoms with van der Waals surface area (Å²) < 4.78 is 6.08. The SMILES string of the molecule is CC(C)c1ccc(C(=O)O)c(CCCCN2CCC(OCc3ccccc3)CC2)c1. The van der Waals surface area contributed by atoms with Gasteiger partial charge >= 0.3 is 5.97 Å². The first-order chi connectivity index (χ1) is 14.5. The van der Waals surface area contributed by atoms with E-state index < -0.39 is 5.97 Å². The van der Waals surface area contributed by atoms with Gasteiger partial charge in [-0.15, -0.1) is 0 Å². The first-order valence-corrected chi connectivity index (χ1v) is 11.3. The summed E-state index contributed by atoms with van der Waals surface area (Å²) in [6.07, 6.45) is 5.49. The molecular formula is C26H35NO3. The Kier molecular flexibility index (Phi) is 8.47. The van der Waals surface area contributed by atoms with E-state index in [0.29, 0.717) is 24.2 Å². The van der Waals surface area contributed by atoms with Gasteiger partial charge in [0.05, 0.1) is 18.3 Å². The molecule has 0 aliphatic carbocycles. The summed E-state index contributed by atoms with van der Waals surface area (Å²) in [5.74, 6) is -0.408. The fourth-order valence-corrected chi connectivity index (χ4v) is 4.13. The van der Waals surface area contributed by atoms with Gasteiger partial charge in [-0.1, -0.05) is 56.3 Å². The number of benzene rings is 2. The second kappa shape index (κ2) is 11.3. The molecule has 0 atom stereocenters. The molecule has 1 fully saturated rings. The zero-order valence-electron chi connectivity index (χ0n) is 18.3. The van der Waals surface area contributed by atoms with Gasteiger partial charge in [0.15, 0.2) is 0 Å². The molecule has 2 aromatic carbocycles. The standard InChI is InChI=1S/C26H35NO3/c1-20(2)22-11-12-25(26(28)29)23(18-22)10-6-7-15-27-16-13-24(14-17-27)30-19-21-8-4-3-5-9-21/h3-5,8-9,11-12,18,20,24H,6-7,10,13-17,19H2,1-2H3,(H,28,29). The smallest absolute Gasteiger partial charge is 0.335 e. The predicted molar refractivity (Wildman–Crippen MR) is 121 cm³/mol. The van der Waals surface area contributed by atoms with Crippen molar-refractivity contribution in [1.82, 2.24) is 4.90 Å². The topological polar surface area (TPSA) is 49.8 Å². The van der Waals surface area contributed by atoms with E-state index in [4.69, 9.17) is 4.74 Å². The summed E-state index contributed by atoms with van der Waals surface area (Å²) in [6.45, 7) is 8.25. The van der Waals surface area contributed by atoms with E-state index in [2.05, 4.69) is 49.1 Å². The third-order valence-electron chi connectivity index (χ3n) is 6.06. The fourth-order valence-electron chi connectivity index (χ4n) is 4.13. The molecule has 0 spiro atoms. The van der Waals surface area contributed by atoms with Crippen LogP contribution in [0.15, 0.2) is 48.5 Å². The number of likely N-dealkylation sites (tertiary alicyclic amines) is 1. The third kappa shape index (κ3) is 6.68. The van der Waals surface area contributed by atoms with Gasteiger partial charge in [-0.25, -0.2) is 4.79 Å². The van der Waals surface area contributed by atoms with Crippen LogP contribution in [0, 0.1) is 0 Å². The highest BCUT2D eigenvalue weighted by Crippen LogP contribution is 2.21. The largest absolute Gasteiger partial charge is 0.478 e. The van der Waals surface area contributed by atoms with Crippen molar-refractivity contribution in [3.63, 3.8) is 0 Å². The highest BCUT2D eigenvalue weighted by Gasteiger charge is 2.19. The number of aromatic carboxylic acids is 1. The van der Waals surface area contributed by atoms with E-state index in [9.17, 15) is 9.90 Å². The molecule has 0 radical (unpaired) electrons. The van der Waals surface area contributed by atoms with Gasteiger partial charge < -0.3 is 14.7 Å². The Hall–Kier alpha value is -2.17. The van der Waals surface area contributed by atoms with Crippen LogP contribution >= 0.6 is 0 Å². The molecule has 0 aromatic heterocycles. The van der Waals surface area contributed by atoms with Crippen molar-refractivity contribution in [3.8, 4) is 0 Å². The van der Waals surface area contributed by atoms with Crippen molar-refractivity contribution in [3.05, 3.63) is 70.8 Å².